The zero-order chi connectivity index (χ0) is 29.6. The summed E-state index contributed by atoms with van der Waals surface area (Å²) in [5, 5.41) is 2.62. The van der Waals surface area contributed by atoms with Crippen molar-refractivity contribution < 1.29 is 49.0 Å². The van der Waals surface area contributed by atoms with Gasteiger partial charge in [-0.25, -0.2) is 0 Å². The molecule has 1 atom stereocenters. The highest BCUT2D eigenvalue weighted by Gasteiger charge is 2.55. The molecule has 2 aromatic rings. The Morgan fingerprint density at radius 2 is 1.15 bits per heavy atom. The maximum atomic E-state index is 14.5. The average Bonchev–Trinajstić information content (AvgIpc) is 2.88. The number of ether oxygens (including phenoxy) is 2. The van der Waals surface area contributed by atoms with Gasteiger partial charge in [-0.2, -0.15) is 39.5 Å². The van der Waals surface area contributed by atoms with E-state index in [1.54, 1.807) is 6.08 Å². The number of rotatable bonds is 11. The van der Waals surface area contributed by atoms with Gasteiger partial charge >= 0.3 is 18.5 Å². The zero-order valence-electron chi connectivity index (χ0n) is 21.6. The van der Waals surface area contributed by atoms with Gasteiger partial charge in [-0.3, -0.25) is 0 Å². The summed E-state index contributed by atoms with van der Waals surface area (Å²) in [5.74, 6) is 0.436. The summed E-state index contributed by atoms with van der Waals surface area (Å²) in [7, 11) is 0. The number of halogens is 9. The van der Waals surface area contributed by atoms with Crippen molar-refractivity contribution in [3.05, 3.63) is 71.3 Å². The van der Waals surface area contributed by atoms with Gasteiger partial charge in [0.15, 0.2) is 0 Å². The molecule has 222 valence electrons. The van der Waals surface area contributed by atoms with Crippen molar-refractivity contribution in [3.8, 4) is 11.5 Å². The Kier molecular flexibility index (Phi) is 10.1. The Balaban J connectivity index is 1.92. The van der Waals surface area contributed by atoms with Crippen LogP contribution >= 0.6 is 0 Å². The van der Waals surface area contributed by atoms with E-state index in [4.69, 9.17) is 9.47 Å². The molecule has 12 heteroatoms. The summed E-state index contributed by atoms with van der Waals surface area (Å²) >= 11 is 0. The number of hydrogen-bond acceptors (Lipinski definition) is 3. The number of alkyl halides is 9. The average molecular weight is 584 g/mol. The van der Waals surface area contributed by atoms with E-state index in [9.17, 15) is 39.5 Å². The minimum atomic E-state index is -4.67. The maximum absolute atomic E-state index is 14.5. The summed E-state index contributed by atoms with van der Waals surface area (Å²) < 4.78 is 128. The van der Waals surface area contributed by atoms with Gasteiger partial charge in [0.1, 0.15) is 17.5 Å². The van der Waals surface area contributed by atoms with Crippen molar-refractivity contribution in [1.29, 1.82) is 0 Å². The summed E-state index contributed by atoms with van der Waals surface area (Å²) in [5.41, 5.74) is -0.435. The molecule has 3 nitrogen and oxygen atoms in total. The van der Waals surface area contributed by atoms with Crippen LogP contribution in [0.4, 0.5) is 39.5 Å². The van der Waals surface area contributed by atoms with Crippen LogP contribution < -0.4 is 14.8 Å². The van der Waals surface area contributed by atoms with E-state index in [1.165, 1.54) is 48.5 Å². The molecular weight excluding hydrogens is 553 g/mol. The Morgan fingerprint density at radius 3 is 1.50 bits per heavy atom. The predicted molar refractivity (Wildman–Crippen MR) is 131 cm³/mol. The lowest BCUT2D eigenvalue weighted by Crippen LogP contribution is -2.59. The normalized spacial score (nSPS) is 17.9. The topological polar surface area (TPSA) is 30.5 Å². The van der Waals surface area contributed by atoms with E-state index in [2.05, 4.69) is 5.32 Å². The monoisotopic (exact) mass is 583 g/mol. The highest BCUT2D eigenvalue weighted by atomic mass is 19.4. The van der Waals surface area contributed by atoms with E-state index in [-0.39, 0.29) is 55.2 Å². The number of benzene rings is 2. The van der Waals surface area contributed by atoms with Crippen LogP contribution in [0.2, 0.25) is 0 Å². The Morgan fingerprint density at radius 1 is 0.725 bits per heavy atom. The third kappa shape index (κ3) is 8.55. The van der Waals surface area contributed by atoms with Gasteiger partial charge in [0, 0.05) is 19.4 Å². The van der Waals surface area contributed by atoms with Crippen LogP contribution in [0.15, 0.2) is 60.2 Å². The summed E-state index contributed by atoms with van der Waals surface area (Å²) in [4.78, 5) is 0. The summed E-state index contributed by atoms with van der Waals surface area (Å²) in [6, 6.07) is 9.48. The fraction of sp³-hybridized carbons (Fsp3) is 0.500. The number of nitrogens with one attached hydrogen (secondary N) is 1. The highest BCUT2D eigenvalue weighted by Crippen LogP contribution is 2.46. The standard InChI is InChI=1S/C28H30F9NO2/c1-2-19-17-25(24(38-18-19)28(35,36)37,20-5-9-22(10-6-20)39-15-3-13-26(29,30)31)21-7-11-23(12-8-21)40-16-4-14-27(32,33)34/h5-12,17,24,38H,2-4,13-16,18H2,1H3. The minimum absolute atomic E-state index is 0.0310. The molecule has 1 unspecified atom stereocenters. The molecule has 0 saturated heterocycles. The first kappa shape index (κ1) is 31.6. The lowest BCUT2D eigenvalue weighted by atomic mass is 9.66. The molecule has 0 fully saturated rings. The van der Waals surface area contributed by atoms with Crippen molar-refractivity contribution in [3.63, 3.8) is 0 Å². The molecule has 0 saturated carbocycles. The van der Waals surface area contributed by atoms with Crippen molar-refractivity contribution in [2.75, 3.05) is 19.8 Å². The van der Waals surface area contributed by atoms with Crippen molar-refractivity contribution in [2.24, 2.45) is 0 Å². The smallest absolute Gasteiger partial charge is 0.405 e. The first-order valence-electron chi connectivity index (χ1n) is 12.7. The lowest BCUT2D eigenvalue weighted by Gasteiger charge is -2.44. The molecule has 1 heterocycles. The fourth-order valence-electron chi connectivity index (χ4n) is 4.70. The molecule has 0 spiro atoms. The zero-order valence-corrected chi connectivity index (χ0v) is 21.6. The van der Waals surface area contributed by atoms with Gasteiger partial charge in [-0.15, -0.1) is 0 Å². The fourth-order valence-corrected chi connectivity index (χ4v) is 4.70. The maximum Gasteiger partial charge on any atom is 0.405 e. The lowest BCUT2D eigenvalue weighted by molar-refractivity contribution is -0.166. The third-order valence-corrected chi connectivity index (χ3v) is 6.61. The molecule has 3 rings (SSSR count). The SMILES string of the molecule is CCC1=CC(c2ccc(OCCCC(F)(F)F)cc2)(c2ccc(OCCCC(F)(F)F)cc2)C(C(F)(F)F)NC1. The quantitative estimate of drug-likeness (QED) is 0.164. The van der Waals surface area contributed by atoms with E-state index in [1.807, 2.05) is 6.92 Å². The molecule has 1 aliphatic heterocycles. The first-order valence-corrected chi connectivity index (χ1v) is 12.7. The van der Waals surface area contributed by atoms with Gasteiger partial charge in [-0.05, 0) is 54.7 Å². The van der Waals surface area contributed by atoms with E-state index < -0.39 is 42.8 Å². The van der Waals surface area contributed by atoms with Crippen LogP contribution in [0.3, 0.4) is 0 Å². The molecule has 1 aliphatic rings. The van der Waals surface area contributed by atoms with Crippen molar-refractivity contribution >= 4 is 0 Å². The largest absolute Gasteiger partial charge is 0.494 e. The first-order chi connectivity index (χ1) is 18.6. The van der Waals surface area contributed by atoms with Crippen LogP contribution in [-0.2, 0) is 5.41 Å². The third-order valence-electron chi connectivity index (χ3n) is 6.61. The van der Waals surface area contributed by atoms with Gasteiger partial charge in [0.2, 0.25) is 0 Å². The second-order valence-corrected chi connectivity index (χ2v) is 9.56. The molecule has 1 N–H and O–H groups in total. The molecule has 40 heavy (non-hydrogen) atoms. The van der Waals surface area contributed by atoms with Crippen molar-refractivity contribution in [1.82, 2.24) is 5.32 Å². The molecule has 0 amide bonds. The molecule has 0 aliphatic carbocycles. The van der Waals surface area contributed by atoms with Crippen LogP contribution in [0.1, 0.15) is 50.2 Å². The van der Waals surface area contributed by atoms with Crippen molar-refractivity contribution in [2.45, 2.75) is 69.0 Å². The molecule has 0 radical (unpaired) electrons. The van der Waals surface area contributed by atoms with Gasteiger partial charge < -0.3 is 14.8 Å². The molecule has 0 bridgehead atoms. The van der Waals surface area contributed by atoms with E-state index in [0.717, 1.165) is 5.57 Å². The second kappa shape index (κ2) is 12.7. The molecule has 0 aromatic heterocycles. The van der Waals surface area contributed by atoms with Crippen LogP contribution in [0.25, 0.3) is 0 Å². The van der Waals surface area contributed by atoms with Crippen LogP contribution in [0.5, 0.6) is 11.5 Å². The Hall–Kier alpha value is -2.89. The Labute approximate surface area is 226 Å². The minimum Gasteiger partial charge on any atom is -0.494 e. The van der Waals surface area contributed by atoms with Gasteiger partial charge in [0.25, 0.3) is 0 Å². The highest BCUT2D eigenvalue weighted by molar-refractivity contribution is 5.52. The number of hydrogen-bond donors (Lipinski definition) is 1. The Bertz CT molecular complexity index is 1040. The summed E-state index contributed by atoms with van der Waals surface area (Å²) in [6.45, 7) is 1.44. The molecular formula is C28H30F9NO2. The summed E-state index contributed by atoms with van der Waals surface area (Å²) in [6.07, 6.45) is -13.8. The van der Waals surface area contributed by atoms with Gasteiger partial charge in [-0.1, -0.05) is 42.8 Å². The van der Waals surface area contributed by atoms with Crippen LogP contribution in [-0.4, -0.2) is 44.3 Å². The molecule has 2 aromatic carbocycles. The van der Waals surface area contributed by atoms with E-state index >= 15 is 0 Å². The second-order valence-electron chi connectivity index (χ2n) is 9.56. The van der Waals surface area contributed by atoms with Gasteiger partial charge in [0.05, 0.1) is 18.6 Å². The predicted octanol–water partition coefficient (Wildman–Crippen LogP) is 8.29. The van der Waals surface area contributed by atoms with E-state index in [0.29, 0.717) is 6.42 Å². The van der Waals surface area contributed by atoms with Crippen LogP contribution in [0, 0.1) is 0 Å².